The van der Waals surface area contributed by atoms with Crippen LogP contribution in [0.3, 0.4) is 0 Å². The summed E-state index contributed by atoms with van der Waals surface area (Å²) in [6.07, 6.45) is 1.13. The lowest BCUT2D eigenvalue weighted by Crippen LogP contribution is -2.13. The molecule has 0 N–H and O–H groups in total. The summed E-state index contributed by atoms with van der Waals surface area (Å²) < 4.78 is 2.36. The molecule has 0 radical (unpaired) electrons. The van der Waals surface area contributed by atoms with Gasteiger partial charge in [-0.3, -0.25) is 0 Å². The molecule has 1 aliphatic rings. The highest BCUT2D eigenvalue weighted by Gasteiger charge is 2.30. The summed E-state index contributed by atoms with van der Waals surface area (Å²) >= 11 is 0. The fourth-order valence-electron chi connectivity index (χ4n) is 1.98. The molecule has 0 saturated carbocycles. The Morgan fingerprint density at radius 3 is 2.58 bits per heavy atom. The van der Waals surface area contributed by atoms with Crippen molar-refractivity contribution < 1.29 is 0 Å². The molecule has 0 fully saturated rings. The van der Waals surface area contributed by atoms with Gasteiger partial charge in [0.15, 0.2) is 0 Å². The van der Waals surface area contributed by atoms with Gasteiger partial charge in [-0.2, -0.15) is 0 Å². The third kappa shape index (κ3) is 0.977. The Morgan fingerprint density at radius 2 is 2.00 bits per heavy atom. The molecule has 2 heterocycles. The van der Waals surface area contributed by atoms with Gasteiger partial charge >= 0.3 is 0 Å². The van der Waals surface area contributed by atoms with Gasteiger partial charge in [0.05, 0.1) is 5.69 Å². The first-order valence-corrected chi connectivity index (χ1v) is 4.52. The summed E-state index contributed by atoms with van der Waals surface area (Å²) in [4.78, 5) is 4.55. The lowest BCUT2D eigenvalue weighted by atomic mass is 9.92. The van der Waals surface area contributed by atoms with Crippen LogP contribution < -0.4 is 0 Å². The summed E-state index contributed by atoms with van der Waals surface area (Å²) in [5.74, 6) is 1.27. The van der Waals surface area contributed by atoms with E-state index in [4.69, 9.17) is 0 Å². The first-order valence-electron chi connectivity index (χ1n) is 4.52. The second-order valence-electron chi connectivity index (χ2n) is 4.63. The monoisotopic (exact) mass is 164 g/mol. The van der Waals surface area contributed by atoms with Crippen LogP contribution in [-0.4, -0.2) is 9.55 Å². The van der Waals surface area contributed by atoms with Crippen molar-refractivity contribution in [3.8, 4) is 0 Å². The Kier molecular flexibility index (Phi) is 1.39. The highest BCUT2D eigenvalue weighted by molar-refractivity contribution is 5.18. The Labute approximate surface area is 73.6 Å². The fourth-order valence-corrected chi connectivity index (χ4v) is 1.98. The molecule has 0 spiro atoms. The van der Waals surface area contributed by atoms with Crippen molar-refractivity contribution in [2.24, 2.45) is 5.41 Å². The standard InChI is InChI=1S/C10H16N2/c1-7-8(2)12-6-10(3,4)5-9(12)11-7/h5-6H2,1-4H3. The summed E-state index contributed by atoms with van der Waals surface area (Å²) in [5, 5.41) is 0. The van der Waals surface area contributed by atoms with Gasteiger partial charge in [-0.1, -0.05) is 13.8 Å². The van der Waals surface area contributed by atoms with Gasteiger partial charge < -0.3 is 4.57 Å². The van der Waals surface area contributed by atoms with Crippen molar-refractivity contribution in [2.75, 3.05) is 0 Å². The van der Waals surface area contributed by atoms with Crippen molar-refractivity contribution in [3.63, 3.8) is 0 Å². The van der Waals surface area contributed by atoms with Crippen LogP contribution in [0.5, 0.6) is 0 Å². The van der Waals surface area contributed by atoms with Gasteiger partial charge in [-0.25, -0.2) is 4.98 Å². The van der Waals surface area contributed by atoms with Gasteiger partial charge in [0, 0.05) is 18.7 Å². The van der Waals surface area contributed by atoms with Crippen molar-refractivity contribution in [3.05, 3.63) is 17.2 Å². The normalized spacial score (nSPS) is 19.7. The maximum absolute atomic E-state index is 4.55. The zero-order valence-electron chi connectivity index (χ0n) is 8.31. The van der Waals surface area contributed by atoms with Crippen LogP contribution in [0.15, 0.2) is 0 Å². The van der Waals surface area contributed by atoms with E-state index < -0.39 is 0 Å². The van der Waals surface area contributed by atoms with E-state index in [0.29, 0.717) is 5.41 Å². The lowest BCUT2D eigenvalue weighted by Gasteiger charge is -2.15. The smallest absolute Gasteiger partial charge is 0.109 e. The third-order valence-corrected chi connectivity index (χ3v) is 2.76. The van der Waals surface area contributed by atoms with E-state index in [1.165, 1.54) is 17.2 Å². The summed E-state index contributed by atoms with van der Waals surface area (Å²) in [6.45, 7) is 9.99. The molecule has 2 rings (SSSR count). The topological polar surface area (TPSA) is 17.8 Å². The summed E-state index contributed by atoms with van der Waals surface area (Å²) in [6, 6.07) is 0. The van der Waals surface area contributed by atoms with Gasteiger partial charge in [0.1, 0.15) is 5.82 Å². The van der Waals surface area contributed by atoms with Crippen molar-refractivity contribution in [2.45, 2.75) is 40.7 Å². The minimum atomic E-state index is 0.417. The molecular formula is C10H16N2. The van der Waals surface area contributed by atoms with Crippen LogP contribution in [-0.2, 0) is 13.0 Å². The van der Waals surface area contributed by atoms with Crippen LogP contribution in [0.4, 0.5) is 0 Å². The molecule has 0 amide bonds. The molecule has 1 aliphatic heterocycles. The zero-order valence-corrected chi connectivity index (χ0v) is 8.31. The highest BCUT2D eigenvalue weighted by atomic mass is 15.1. The number of imidazole rings is 1. The molecule has 1 aromatic heterocycles. The Bertz CT molecular complexity index is 321. The van der Waals surface area contributed by atoms with Crippen LogP contribution in [0.1, 0.15) is 31.1 Å². The molecule has 0 unspecified atom stereocenters. The van der Waals surface area contributed by atoms with Crippen molar-refractivity contribution in [1.82, 2.24) is 9.55 Å². The average molecular weight is 164 g/mol. The molecular weight excluding hydrogens is 148 g/mol. The fraction of sp³-hybridized carbons (Fsp3) is 0.700. The van der Waals surface area contributed by atoms with E-state index >= 15 is 0 Å². The molecule has 2 nitrogen and oxygen atoms in total. The Hall–Kier alpha value is -0.790. The quantitative estimate of drug-likeness (QED) is 0.574. The van der Waals surface area contributed by atoms with E-state index in [0.717, 1.165) is 13.0 Å². The first kappa shape index (κ1) is 7.84. The number of fused-ring (bicyclic) bond motifs is 1. The maximum Gasteiger partial charge on any atom is 0.109 e. The number of hydrogen-bond donors (Lipinski definition) is 0. The number of nitrogens with zero attached hydrogens (tertiary/aromatic N) is 2. The van der Waals surface area contributed by atoms with Crippen LogP contribution in [0, 0.1) is 19.3 Å². The third-order valence-electron chi connectivity index (χ3n) is 2.76. The zero-order chi connectivity index (χ0) is 8.93. The minimum absolute atomic E-state index is 0.417. The predicted molar refractivity (Wildman–Crippen MR) is 49.2 cm³/mol. The lowest BCUT2D eigenvalue weighted by molar-refractivity contribution is 0.355. The van der Waals surface area contributed by atoms with Crippen LogP contribution in [0.2, 0.25) is 0 Å². The van der Waals surface area contributed by atoms with Crippen molar-refractivity contribution in [1.29, 1.82) is 0 Å². The summed E-state index contributed by atoms with van der Waals surface area (Å²) in [5.41, 5.74) is 2.96. The SMILES string of the molecule is Cc1nc2n(c1C)CC(C)(C)C2. The largest absolute Gasteiger partial charge is 0.331 e. The molecule has 0 atom stereocenters. The highest BCUT2D eigenvalue weighted by Crippen LogP contribution is 2.32. The number of aromatic nitrogens is 2. The van der Waals surface area contributed by atoms with Gasteiger partial charge in [-0.15, -0.1) is 0 Å². The molecule has 2 heteroatoms. The van der Waals surface area contributed by atoms with Gasteiger partial charge in [-0.05, 0) is 19.3 Å². The minimum Gasteiger partial charge on any atom is -0.331 e. The second-order valence-corrected chi connectivity index (χ2v) is 4.63. The number of aryl methyl sites for hydroxylation is 1. The molecule has 0 aromatic carbocycles. The molecule has 66 valence electrons. The molecule has 0 bridgehead atoms. The van der Waals surface area contributed by atoms with E-state index in [9.17, 15) is 0 Å². The number of rotatable bonds is 0. The average Bonchev–Trinajstić information content (AvgIpc) is 2.33. The second kappa shape index (κ2) is 2.12. The van der Waals surface area contributed by atoms with E-state index in [1.807, 2.05) is 0 Å². The van der Waals surface area contributed by atoms with Crippen LogP contribution in [0.25, 0.3) is 0 Å². The summed E-state index contributed by atoms with van der Waals surface area (Å²) in [7, 11) is 0. The first-order chi connectivity index (χ1) is 5.49. The molecule has 0 saturated heterocycles. The van der Waals surface area contributed by atoms with Gasteiger partial charge in [0.25, 0.3) is 0 Å². The Morgan fingerprint density at radius 1 is 1.33 bits per heavy atom. The molecule has 1 aromatic rings. The van der Waals surface area contributed by atoms with Crippen LogP contribution >= 0.6 is 0 Å². The predicted octanol–water partition coefficient (Wildman–Crippen LogP) is 2.08. The van der Waals surface area contributed by atoms with E-state index in [1.54, 1.807) is 0 Å². The Balaban J connectivity index is 2.46. The molecule has 12 heavy (non-hydrogen) atoms. The maximum atomic E-state index is 4.55. The van der Waals surface area contributed by atoms with E-state index in [-0.39, 0.29) is 0 Å². The number of hydrogen-bond acceptors (Lipinski definition) is 1. The van der Waals surface area contributed by atoms with E-state index in [2.05, 4.69) is 37.2 Å². The van der Waals surface area contributed by atoms with Gasteiger partial charge in [0.2, 0.25) is 0 Å². The molecule has 0 aliphatic carbocycles. The van der Waals surface area contributed by atoms with Crippen molar-refractivity contribution >= 4 is 0 Å².